The Hall–Kier alpha value is -1.20. The first-order chi connectivity index (χ1) is 8.52. The van der Waals surface area contributed by atoms with Gasteiger partial charge in [0.25, 0.3) is 0 Å². The molecule has 0 saturated carbocycles. The Morgan fingerprint density at radius 2 is 2.22 bits per heavy atom. The van der Waals surface area contributed by atoms with Crippen molar-refractivity contribution in [3.8, 4) is 11.6 Å². The van der Waals surface area contributed by atoms with E-state index in [1.165, 1.54) is 0 Å². The lowest BCUT2D eigenvalue weighted by atomic mass is 10.3. The molecule has 0 unspecified atom stereocenters. The summed E-state index contributed by atoms with van der Waals surface area (Å²) in [5.74, 6) is 1.21. The third-order valence-corrected chi connectivity index (χ3v) is 3.38. The lowest BCUT2D eigenvalue weighted by molar-refractivity contribution is 0.416. The maximum absolute atomic E-state index is 5.96. The fraction of sp³-hybridized carbons (Fsp3) is 0.250. The van der Waals surface area contributed by atoms with E-state index in [0.29, 0.717) is 28.9 Å². The summed E-state index contributed by atoms with van der Waals surface area (Å²) in [7, 11) is 0. The van der Waals surface area contributed by atoms with Crippen LogP contribution in [0.25, 0.3) is 0 Å². The van der Waals surface area contributed by atoms with Crippen LogP contribution in [-0.4, -0.2) is 9.78 Å². The monoisotopic (exact) mass is 329 g/mol. The second-order valence-electron chi connectivity index (χ2n) is 3.80. The molecule has 0 fully saturated rings. The van der Waals surface area contributed by atoms with Crippen molar-refractivity contribution in [3.05, 3.63) is 33.4 Å². The smallest absolute Gasteiger partial charge is 0.241 e. The molecule has 1 heterocycles. The Morgan fingerprint density at radius 3 is 2.83 bits per heavy atom. The molecule has 2 aromatic rings. The van der Waals surface area contributed by atoms with Gasteiger partial charge in [-0.25, -0.2) is 4.68 Å². The van der Waals surface area contributed by atoms with Gasteiger partial charge in [0.1, 0.15) is 11.4 Å². The van der Waals surface area contributed by atoms with Crippen LogP contribution >= 0.6 is 27.5 Å². The van der Waals surface area contributed by atoms with Crippen LogP contribution in [0.2, 0.25) is 5.02 Å². The van der Waals surface area contributed by atoms with Gasteiger partial charge in [-0.05, 0) is 48.0 Å². The average Bonchev–Trinajstić information content (AvgIpc) is 2.60. The molecule has 0 aliphatic carbocycles. The van der Waals surface area contributed by atoms with Gasteiger partial charge in [-0.1, -0.05) is 11.6 Å². The standard InChI is InChI=1S/C12H13BrClN3O/c1-3-17-12(11(15)7(2)16-17)18-10-5-4-8(14)6-9(10)13/h4-6H,3,15H2,1-2H3. The summed E-state index contributed by atoms with van der Waals surface area (Å²) < 4.78 is 8.31. The van der Waals surface area contributed by atoms with Crippen molar-refractivity contribution in [1.29, 1.82) is 0 Å². The van der Waals surface area contributed by atoms with E-state index >= 15 is 0 Å². The van der Waals surface area contributed by atoms with Crippen molar-refractivity contribution in [2.75, 3.05) is 5.73 Å². The molecule has 0 radical (unpaired) electrons. The van der Waals surface area contributed by atoms with Gasteiger partial charge in [-0.2, -0.15) is 5.10 Å². The molecule has 18 heavy (non-hydrogen) atoms. The first kappa shape index (κ1) is 13.2. The summed E-state index contributed by atoms with van der Waals surface area (Å²) in [6, 6.07) is 5.32. The number of aryl methyl sites for hydroxylation is 2. The topological polar surface area (TPSA) is 53.1 Å². The van der Waals surface area contributed by atoms with Crippen LogP contribution in [0.4, 0.5) is 5.69 Å². The van der Waals surface area contributed by atoms with Crippen molar-refractivity contribution in [1.82, 2.24) is 9.78 Å². The molecule has 0 atom stereocenters. The Labute approximate surface area is 119 Å². The zero-order valence-corrected chi connectivity index (χ0v) is 12.4. The van der Waals surface area contributed by atoms with Crippen LogP contribution in [0.15, 0.2) is 22.7 Å². The quantitative estimate of drug-likeness (QED) is 0.925. The summed E-state index contributed by atoms with van der Waals surface area (Å²) in [6.07, 6.45) is 0. The van der Waals surface area contributed by atoms with Gasteiger partial charge in [0, 0.05) is 11.6 Å². The van der Waals surface area contributed by atoms with Crippen LogP contribution in [-0.2, 0) is 6.54 Å². The molecule has 0 bridgehead atoms. The van der Waals surface area contributed by atoms with Crippen molar-refractivity contribution < 1.29 is 4.74 Å². The van der Waals surface area contributed by atoms with Crippen LogP contribution < -0.4 is 10.5 Å². The molecule has 6 heteroatoms. The van der Waals surface area contributed by atoms with Crippen LogP contribution in [0.5, 0.6) is 11.6 Å². The zero-order valence-electron chi connectivity index (χ0n) is 10.1. The lowest BCUT2D eigenvalue weighted by Gasteiger charge is -2.09. The van der Waals surface area contributed by atoms with E-state index in [1.807, 2.05) is 13.8 Å². The Kier molecular flexibility index (Phi) is 3.82. The number of nitrogens with zero attached hydrogens (tertiary/aromatic N) is 2. The summed E-state index contributed by atoms with van der Waals surface area (Å²) in [5.41, 5.74) is 7.27. The van der Waals surface area contributed by atoms with Gasteiger partial charge in [0.05, 0.1) is 10.2 Å². The summed E-state index contributed by atoms with van der Waals surface area (Å²) >= 11 is 9.29. The maximum Gasteiger partial charge on any atom is 0.241 e. The van der Waals surface area contributed by atoms with Gasteiger partial charge in [0.2, 0.25) is 5.88 Å². The minimum absolute atomic E-state index is 0.554. The normalized spacial score (nSPS) is 10.7. The van der Waals surface area contributed by atoms with Crippen LogP contribution in [0.1, 0.15) is 12.6 Å². The highest BCUT2D eigenvalue weighted by atomic mass is 79.9. The predicted octanol–water partition coefficient (Wildman–Crippen LogP) is 4.00. The number of aromatic nitrogens is 2. The van der Waals surface area contributed by atoms with E-state index in [2.05, 4.69) is 21.0 Å². The number of rotatable bonds is 3. The largest absolute Gasteiger partial charge is 0.436 e. The van der Waals surface area contributed by atoms with E-state index in [9.17, 15) is 0 Å². The molecule has 1 aromatic heterocycles. The van der Waals surface area contributed by atoms with Gasteiger partial charge in [-0.15, -0.1) is 0 Å². The van der Waals surface area contributed by atoms with Crippen molar-refractivity contribution in [3.63, 3.8) is 0 Å². The highest BCUT2D eigenvalue weighted by Gasteiger charge is 2.15. The number of ether oxygens (including phenoxy) is 1. The van der Waals surface area contributed by atoms with E-state index in [1.54, 1.807) is 22.9 Å². The second-order valence-corrected chi connectivity index (χ2v) is 5.09. The number of hydrogen-bond acceptors (Lipinski definition) is 3. The molecule has 0 aliphatic heterocycles. The van der Waals surface area contributed by atoms with E-state index in [4.69, 9.17) is 22.1 Å². The van der Waals surface area contributed by atoms with Crippen molar-refractivity contribution in [2.45, 2.75) is 20.4 Å². The molecule has 2 N–H and O–H groups in total. The summed E-state index contributed by atoms with van der Waals surface area (Å²) in [6.45, 7) is 4.53. The van der Waals surface area contributed by atoms with Gasteiger partial charge in [0.15, 0.2) is 0 Å². The fourth-order valence-corrected chi connectivity index (χ4v) is 2.32. The molecule has 96 valence electrons. The highest BCUT2D eigenvalue weighted by molar-refractivity contribution is 9.10. The maximum atomic E-state index is 5.96. The van der Waals surface area contributed by atoms with Gasteiger partial charge < -0.3 is 10.5 Å². The number of nitrogen functional groups attached to an aromatic ring is 1. The molecule has 0 saturated heterocycles. The first-order valence-corrected chi connectivity index (χ1v) is 6.65. The zero-order chi connectivity index (χ0) is 13.3. The molecule has 2 rings (SSSR count). The molecular weight excluding hydrogens is 318 g/mol. The molecule has 0 aliphatic rings. The van der Waals surface area contributed by atoms with Gasteiger partial charge in [-0.3, -0.25) is 0 Å². The van der Waals surface area contributed by atoms with E-state index in [-0.39, 0.29) is 0 Å². The number of hydrogen-bond donors (Lipinski definition) is 1. The predicted molar refractivity (Wildman–Crippen MR) is 76.3 cm³/mol. The summed E-state index contributed by atoms with van der Waals surface area (Å²) in [4.78, 5) is 0. The molecule has 0 spiro atoms. The minimum Gasteiger partial charge on any atom is -0.436 e. The molecule has 0 amide bonds. The minimum atomic E-state index is 0.554. The number of halogens is 2. The first-order valence-electron chi connectivity index (χ1n) is 5.48. The fourth-order valence-electron chi connectivity index (χ4n) is 1.56. The Bertz CT molecular complexity index is 583. The molecule has 4 nitrogen and oxygen atoms in total. The average molecular weight is 331 g/mol. The highest BCUT2D eigenvalue weighted by Crippen LogP contribution is 2.35. The van der Waals surface area contributed by atoms with Crippen LogP contribution in [0, 0.1) is 6.92 Å². The summed E-state index contributed by atoms with van der Waals surface area (Å²) in [5, 5.41) is 4.94. The number of nitrogens with two attached hydrogens (primary N) is 1. The van der Waals surface area contributed by atoms with Gasteiger partial charge >= 0.3 is 0 Å². The SMILES string of the molecule is CCn1nc(C)c(N)c1Oc1ccc(Cl)cc1Br. The third-order valence-electron chi connectivity index (χ3n) is 2.53. The number of benzene rings is 1. The van der Waals surface area contributed by atoms with Crippen molar-refractivity contribution in [2.24, 2.45) is 0 Å². The van der Waals surface area contributed by atoms with E-state index < -0.39 is 0 Å². The van der Waals surface area contributed by atoms with E-state index in [0.717, 1.165) is 10.2 Å². The number of anilines is 1. The molecular formula is C12H13BrClN3O. The Balaban J connectivity index is 2.39. The second kappa shape index (κ2) is 5.20. The van der Waals surface area contributed by atoms with Crippen LogP contribution in [0.3, 0.4) is 0 Å². The van der Waals surface area contributed by atoms with Crippen molar-refractivity contribution >= 4 is 33.2 Å². The third kappa shape index (κ3) is 2.47. The molecule has 1 aromatic carbocycles. The lowest BCUT2D eigenvalue weighted by Crippen LogP contribution is -2.01. The Morgan fingerprint density at radius 1 is 1.50 bits per heavy atom.